The number of sulfonamides is 2. The van der Waals surface area contributed by atoms with Crippen LogP contribution in [0.25, 0.3) is 0 Å². The van der Waals surface area contributed by atoms with Crippen molar-refractivity contribution in [2.45, 2.75) is 30.2 Å². The highest BCUT2D eigenvalue weighted by atomic mass is 32.2. The van der Waals surface area contributed by atoms with Crippen molar-refractivity contribution in [1.82, 2.24) is 5.32 Å². The van der Waals surface area contributed by atoms with Gasteiger partial charge in [0.05, 0.1) is 11.9 Å². The van der Waals surface area contributed by atoms with Crippen molar-refractivity contribution in [3.05, 3.63) is 29.5 Å². The fourth-order valence-corrected chi connectivity index (χ4v) is 6.88. The number of anilines is 2. The van der Waals surface area contributed by atoms with Crippen LogP contribution in [-0.4, -0.2) is 46.0 Å². The van der Waals surface area contributed by atoms with Crippen molar-refractivity contribution >= 4 is 43.2 Å². The lowest BCUT2D eigenvalue weighted by Crippen LogP contribution is -2.51. The molecule has 1 aromatic rings. The van der Waals surface area contributed by atoms with Gasteiger partial charge in [0.25, 0.3) is 15.9 Å². The number of hydrogen-bond donors (Lipinski definition) is 4. The smallest absolute Gasteiger partial charge is 0.286 e. The lowest BCUT2D eigenvalue weighted by atomic mass is 9.79. The summed E-state index contributed by atoms with van der Waals surface area (Å²) in [4.78, 5) is 12.5. The molecule has 2 unspecified atom stereocenters. The number of hydrogen-bond acceptors (Lipinski definition) is 7. The molecule has 0 aromatic heterocycles. The molecule has 0 spiro atoms. The van der Waals surface area contributed by atoms with E-state index < -0.39 is 26.0 Å². The van der Waals surface area contributed by atoms with Gasteiger partial charge in [-0.2, -0.15) is 8.42 Å². The van der Waals surface area contributed by atoms with Crippen LogP contribution in [0, 0.1) is 17.8 Å². The summed E-state index contributed by atoms with van der Waals surface area (Å²) < 4.78 is 54.3. The van der Waals surface area contributed by atoms with Crippen LogP contribution in [0.1, 0.15) is 19.3 Å². The van der Waals surface area contributed by atoms with E-state index in [-0.39, 0.29) is 51.3 Å². The van der Waals surface area contributed by atoms with Crippen LogP contribution >= 0.6 is 0 Å². The van der Waals surface area contributed by atoms with Crippen LogP contribution in [0.4, 0.5) is 11.4 Å². The number of amidine groups is 1. The van der Waals surface area contributed by atoms with Crippen molar-refractivity contribution in [1.29, 1.82) is 0 Å². The Hall–Kier alpha value is -2.60. The summed E-state index contributed by atoms with van der Waals surface area (Å²) in [6, 6.07) is 3.80. The van der Waals surface area contributed by atoms with E-state index >= 15 is 0 Å². The molecule has 2 saturated carbocycles. The zero-order valence-electron chi connectivity index (χ0n) is 15.9. The second kappa shape index (κ2) is 6.20. The number of nitrogens with one attached hydrogen (secondary N) is 3. The topological polar surface area (TPSA) is 154 Å². The maximum atomic E-state index is 12.8. The van der Waals surface area contributed by atoms with Crippen molar-refractivity contribution < 1.29 is 26.7 Å². The molecule has 2 bridgehead atoms. The van der Waals surface area contributed by atoms with Gasteiger partial charge in [-0.15, -0.1) is 4.40 Å². The quantitative estimate of drug-likeness (QED) is 0.532. The fraction of sp³-hybridized carbons (Fsp3) is 0.444. The second-order valence-electron chi connectivity index (χ2n) is 8.24. The van der Waals surface area contributed by atoms with Gasteiger partial charge in [0.15, 0.2) is 5.84 Å². The number of benzene rings is 1. The molecular formula is C18H20N4O6S2. The average Bonchev–Trinajstić information content (AvgIpc) is 3.22. The predicted molar refractivity (Wildman–Crippen MR) is 109 cm³/mol. The van der Waals surface area contributed by atoms with E-state index in [9.17, 15) is 26.7 Å². The summed E-state index contributed by atoms with van der Waals surface area (Å²) in [6.45, 7) is 0. The van der Waals surface area contributed by atoms with Crippen LogP contribution in [0.5, 0.6) is 0 Å². The predicted octanol–water partition coefficient (Wildman–Crippen LogP) is 0.927. The van der Waals surface area contributed by atoms with Gasteiger partial charge in [0.1, 0.15) is 16.2 Å². The second-order valence-corrected chi connectivity index (χ2v) is 11.6. The van der Waals surface area contributed by atoms with E-state index in [2.05, 4.69) is 19.8 Å². The molecule has 5 rings (SSSR count). The third-order valence-electron chi connectivity index (χ3n) is 6.28. The Morgan fingerprint density at radius 3 is 2.70 bits per heavy atom. The number of nitrogens with zero attached hydrogens (tertiary/aromatic N) is 1. The first-order valence-corrected chi connectivity index (χ1v) is 12.8. The van der Waals surface area contributed by atoms with Crippen LogP contribution in [0.15, 0.2) is 38.8 Å². The Bertz CT molecular complexity index is 1250. The van der Waals surface area contributed by atoms with E-state index in [0.29, 0.717) is 5.92 Å². The maximum absolute atomic E-state index is 12.8. The molecule has 2 fully saturated rings. The summed E-state index contributed by atoms with van der Waals surface area (Å²) in [7, 11) is -7.82. The lowest BCUT2D eigenvalue weighted by Gasteiger charge is -2.36. The number of fused-ring (bicyclic) bond motifs is 6. The number of amides is 1. The Morgan fingerprint density at radius 2 is 1.97 bits per heavy atom. The minimum atomic E-state index is -4.23. The molecule has 4 atom stereocenters. The van der Waals surface area contributed by atoms with Gasteiger partial charge in [0.2, 0.25) is 10.0 Å². The minimum Gasteiger partial charge on any atom is -0.511 e. The first kappa shape index (κ1) is 19.4. The fourth-order valence-electron chi connectivity index (χ4n) is 5.17. The Labute approximate surface area is 173 Å². The van der Waals surface area contributed by atoms with Crippen molar-refractivity contribution in [3.8, 4) is 0 Å². The molecule has 2 heterocycles. The van der Waals surface area contributed by atoms with E-state index in [1.54, 1.807) is 0 Å². The highest BCUT2D eigenvalue weighted by molar-refractivity contribution is 7.92. The first-order valence-electron chi connectivity index (χ1n) is 9.52. The third kappa shape index (κ3) is 2.97. The lowest BCUT2D eigenvalue weighted by molar-refractivity contribution is -0.119. The Morgan fingerprint density at radius 1 is 1.23 bits per heavy atom. The number of carbonyl (C=O) groups is 1. The zero-order valence-corrected chi connectivity index (χ0v) is 17.5. The van der Waals surface area contributed by atoms with Crippen LogP contribution in [0.2, 0.25) is 0 Å². The highest BCUT2D eigenvalue weighted by Gasteiger charge is 2.54. The molecule has 2 aliphatic carbocycles. The Balaban J connectivity index is 1.55. The van der Waals surface area contributed by atoms with Crippen LogP contribution in [0.3, 0.4) is 0 Å². The number of aliphatic hydroxyl groups is 1. The largest absolute Gasteiger partial charge is 0.511 e. The molecule has 1 amide bonds. The maximum Gasteiger partial charge on any atom is 0.286 e. The molecule has 1 aromatic carbocycles. The molecule has 30 heavy (non-hydrogen) atoms. The standard InChI is InChI=1S/C18H20N4O6S2/c1-29(25,26)21-10-4-5-11-12(7-10)30(27,28)22-17(19-11)14-16(23)13-8-2-3-9(6-8)15(13)20-18(14)24/h4-5,7-9,13,15,21,23H,2-3,6H2,1H3,(H,19,22)(H,20,24)/t8-,9+,13?,15?/m1/s1. The molecule has 0 saturated heterocycles. The average molecular weight is 453 g/mol. The van der Waals surface area contributed by atoms with Crippen LogP contribution < -0.4 is 15.4 Å². The number of carbonyl (C=O) groups excluding carboxylic acids is 1. The molecule has 2 aliphatic heterocycles. The van der Waals surface area contributed by atoms with Gasteiger partial charge in [0, 0.05) is 17.6 Å². The Kier molecular flexibility index (Phi) is 4.00. The number of aliphatic hydroxyl groups excluding tert-OH is 1. The summed E-state index contributed by atoms with van der Waals surface area (Å²) in [5, 5.41) is 16.6. The van der Waals surface area contributed by atoms with E-state index in [1.165, 1.54) is 12.1 Å². The molecular weight excluding hydrogens is 432 g/mol. The minimum absolute atomic E-state index is 0.0718. The summed E-state index contributed by atoms with van der Waals surface area (Å²) in [5.41, 5.74) is 0.0566. The van der Waals surface area contributed by atoms with Gasteiger partial charge < -0.3 is 15.7 Å². The molecule has 160 valence electrons. The molecule has 12 heteroatoms. The van der Waals surface area contributed by atoms with Gasteiger partial charge in [-0.05, 0) is 49.3 Å². The van der Waals surface area contributed by atoms with Gasteiger partial charge in [-0.25, -0.2) is 8.42 Å². The summed E-state index contributed by atoms with van der Waals surface area (Å²) in [5.74, 6) is -0.542. The number of rotatable bonds is 3. The van der Waals surface area contributed by atoms with Crippen molar-refractivity contribution in [2.24, 2.45) is 22.2 Å². The SMILES string of the molecule is CS(=O)(=O)Nc1ccc2c(c1)S(=O)(=O)N=C(C1=C(O)C3C(NC1=O)[C@H]1CC[C@@H]3C1)N2. The van der Waals surface area contributed by atoms with Crippen molar-refractivity contribution in [3.63, 3.8) is 0 Å². The molecule has 0 radical (unpaired) electrons. The summed E-state index contributed by atoms with van der Waals surface area (Å²) in [6.07, 6.45) is 3.87. The van der Waals surface area contributed by atoms with Gasteiger partial charge in [-0.1, -0.05) is 0 Å². The summed E-state index contributed by atoms with van der Waals surface area (Å²) >= 11 is 0. The molecule has 4 aliphatic rings. The molecule has 10 nitrogen and oxygen atoms in total. The first-order chi connectivity index (χ1) is 14.0. The van der Waals surface area contributed by atoms with Gasteiger partial charge >= 0.3 is 0 Å². The van der Waals surface area contributed by atoms with Gasteiger partial charge in [-0.3, -0.25) is 9.52 Å². The zero-order chi connectivity index (χ0) is 21.4. The highest BCUT2D eigenvalue weighted by Crippen LogP contribution is 2.52. The van der Waals surface area contributed by atoms with Crippen LogP contribution in [-0.2, 0) is 24.8 Å². The van der Waals surface area contributed by atoms with E-state index in [1.807, 2.05) is 0 Å². The van der Waals surface area contributed by atoms with Crippen molar-refractivity contribution in [2.75, 3.05) is 16.3 Å². The molecule has 4 N–H and O–H groups in total. The third-order valence-corrected chi connectivity index (χ3v) is 8.20. The van der Waals surface area contributed by atoms with E-state index in [4.69, 9.17) is 0 Å². The van der Waals surface area contributed by atoms with E-state index in [0.717, 1.165) is 31.6 Å². The normalized spacial score (nSPS) is 31.4. The monoisotopic (exact) mass is 452 g/mol.